The van der Waals surface area contributed by atoms with Gasteiger partial charge in [-0.05, 0) is 25.1 Å². The van der Waals surface area contributed by atoms with Crippen molar-refractivity contribution < 1.29 is 19.0 Å². The quantitative estimate of drug-likeness (QED) is 0.681. The molecule has 1 aromatic heterocycles. The third kappa shape index (κ3) is 3.93. The van der Waals surface area contributed by atoms with Crippen LogP contribution < -0.4 is 19.5 Å². The third-order valence-corrected chi connectivity index (χ3v) is 4.36. The lowest BCUT2D eigenvalue weighted by molar-refractivity contribution is 0.0945. The molecule has 0 saturated carbocycles. The lowest BCUT2D eigenvalue weighted by Gasteiger charge is -2.15. The van der Waals surface area contributed by atoms with E-state index in [0.29, 0.717) is 22.9 Å². The molecule has 2 aromatic carbocycles. The SMILES string of the molecule is COc1cc(OC)c(CNC(=O)c2cc(C)n(-c3ccccc3)n2)c(OC)c1. The molecule has 0 radical (unpaired) electrons. The first-order valence-electron chi connectivity index (χ1n) is 8.76. The molecule has 3 rings (SSSR count). The molecule has 28 heavy (non-hydrogen) atoms. The molecule has 0 atom stereocenters. The lowest BCUT2D eigenvalue weighted by atomic mass is 10.1. The summed E-state index contributed by atoms with van der Waals surface area (Å²) < 4.78 is 17.8. The van der Waals surface area contributed by atoms with Gasteiger partial charge in [-0.15, -0.1) is 0 Å². The lowest BCUT2D eigenvalue weighted by Crippen LogP contribution is -2.24. The van der Waals surface area contributed by atoms with Gasteiger partial charge in [0, 0.05) is 17.8 Å². The molecule has 0 bridgehead atoms. The molecule has 0 saturated heterocycles. The largest absolute Gasteiger partial charge is 0.496 e. The van der Waals surface area contributed by atoms with E-state index in [1.54, 1.807) is 44.2 Å². The molecular weight excluding hydrogens is 358 g/mol. The Morgan fingerprint density at radius 2 is 1.64 bits per heavy atom. The summed E-state index contributed by atoms with van der Waals surface area (Å²) in [5.41, 5.74) is 2.83. The highest BCUT2D eigenvalue weighted by Crippen LogP contribution is 2.33. The summed E-state index contributed by atoms with van der Waals surface area (Å²) in [4.78, 5) is 12.6. The van der Waals surface area contributed by atoms with Crippen LogP contribution in [0.3, 0.4) is 0 Å². The van der Waals surface area contributed by atoms with Crippen LogP contribution in [0.2, 0.25) is 0 Å². The summed E-state index contributed by atoms with van der Waals surface area (Å²) in [5.74, 6) is 1.48. The normalized spacial score (nSPS) is 10.4. The van der Waals surface area contributed by atoms with Gasteiger partial charge in [-0.3, -0.25) is 4.79 Å². The van der Waals surface area contributed by atoms with Crippen LogP contribution in [-0.2, 0) is 6.54 Å². The van der Waals surface area contributed by atoms with Crippen molar-refractivity contribution >= 4 is 5.91 Å². The van der Waals surface area contributed by atoms with E-state index >= 15 is 0 Å². The molecule has 1 heterocycles. The van der Waals surface area contributed by atoms with Crippen molar-refractivity contribution in [2.45, 2.75) is 13.5 Å². The summed E-state index contributed by atoms with van der Waals surface area (Å²) in [6.07, 6.45) is 0. The second-order valence-corrected chi connectivity index (χ2v) is 6.11. The number of para-hydroxylation sites is 1. The number of ether oxygens (including phenoxy) is 3. The van der Waals surface area contributed by atoms with Crippen molar-refractivity contribution in [2.75, 3.05) is 21.3 Å². The zero-order valence-electron chi connectivity index (χ0n) is 16.4. The van der Waals surface area contributed by atoms with Gasteiger partial charge >= 0.3 is 0 Å². The number of amides is 1. The molecule has 1 N–H and O–H groups in total. The molecule has 7 heteroatoms. The average molecular weight is 381 g/mol. The number of aryl methyl sites for hydroxylation is 1. The van der Waals surface area contributed by atoms with E-state index in [1.807, 2.05) is 37.3 Å². The van der Waals surface area contributed by atoms with Crippen LogP contribution in [0.4, 0.5) is 0 Å². The molecule has 146 valence electrons. The van der Waals surface area contributed by atoms with E-state index in [4.69, 9.17) is 14.2 Å². The summed E-state index contributed by atoms with van der Waals surface area (Å²) in [6, 6.07) is 14.9. The van der Waals surface area contributed by atoms with E-state index in [9.17, 15) is 4.79 Å². The molecule has 7 nitrogen and oxygen atoms in total. The van der Waals surface area contributed by atoms with Gasteiger partial charge in [-0.1, -0.05) is 18.2 Å². The van der Waals surface area contributed by atoms with Crippen molar-refractivity contribution in [1.82, 2.24) is 15.1 Å². The van der Waals surface area contributed by atoms with Crippen molar-refractivity contribution in [3.05, 3.63) is 65.5 Å². The molecule has 1 amide bonds. The highest BCUT2D eigenvalue weighted by molar-refractivity contribution is 5.92. The Hall–Kier alpha value is -3.48. The smallest absolute Gasteiger partial charge is 0.272 e. The Morgan fingerprint density at radius 3 is 2.21 bits per heavy atom. The van der Waals surface area contributed by atoms with Crippen LogP contribution in [0, 0.1) is 6.92 Å². The summed E-state index contributed by atoms with van der Waals surface area (Å²) in [5, 5.41) is 7.31. The summed E-state index contributed by atoms with van der Waals surface area (Å²) in [7, 11) is 4.69. The number of hydrogen-bond donors (Lipinski definition) is 1. The number of hydrogen-bond acceptors (Lipinski definition) is 5. The zero-order valence-corrected chi connectivity index (χ0v) is 16.4. The summed E-state index contributed by atoms with van der Waals surface area (Å²) in [6.45, 7) is 2.14. The molecule has 0 aliphatic heterocycles. The number of nitrogens with zero attached hydrogens (tertiary/aromatic N) is 2. The van der Waals surface area contributed by atoms with Crippen LogP contribution in [0.1, 0.15) is 21.7 Å². The first kappa shape index (κ1) is 19.3. The molecule has 0 fully saturated rings. The van der Waals surface area contributed by atoms with Crippen molar-refractivity contribution in [1.29, 1.82) is 0 Å². The highest BCUT2D eigenvalue weighted by atomic mass is 16.5. The molecule has 0 aliphatic carbocycles. The Bertz CT molecular complexity index is 942. The standard InChI is InChI=1S/C21H23N3O4/c1-14-10-18(23-24(14)15-8-6-5-7-9-15)21(25)22-13-17-19(27-3)11-16(26-2)12-20(17)28-4/h5-12H,13H2,1-4H3,(H,22,25). The maximum absolute atomic E-state index is 12.6. The van der Waals surface area contributed by atoms with Crippen LogP contribution >= 0.6 is 0 Å². The van der Waals surface area contributed by atoms with Gasteiger partial charge in [0.15, 0.2) is 5.69 Å². The minimum Gasteiger partial charge on any atom is -0.496 e. The van der Waals surface area contributed by atoms with Crippen molar-refractivity contribution in [3.63, 3.8) is 0 Å². The predicted octanol–water partition coefficient (Wildman–Crippen LogP) is 3.14. The van der Waals surface area contributed by atoms with E-state index in [1.165, 1.54) is 0 Å². The van der Waals surface area contributed by atoms with E-state index < -0.39 is 0 Å². The number of rotatable bonds is 7. The third-order valence-electron chi connectivity index (χ3n) is 4.36. The van der Waals surface area contributed by atoms with Crippen LogP contribution in [0.25, 0.3) is 5.69 Å². The van der Waals surface area contributed by atoms with Crippen LogP contribution in [-0.4, -0.2) is 37.0 Å². The zero-order chi connectivity index (χ0) is 20.1. The Morgan fingerprint density at radius 1 is 1.00 bits per heavy atom. The predicted molar refractivity (Wildman–Crippen MR) is 106 cm³/mol. The van der Waals surface area contributed by atoms with Crippen LogP contribution in [0.5, 0.6) is 17.2 Å². The molecule has 3 aromatic rings. The number of aromatic nitrogens is 2. The van der Waals surface area contributed by atoms with Crippen LogP contribution in [0.15, 0.2) is 48.5 Å². The topological polar surface area (TPSA) is 74.6 Å². The molecule has 0 unspecified atom stereocenters. The summed E-state index contributed by atoms with van der Waals surface area (Å²) >= 11 is 0. The maximum Gasteiger partial charge on any atom is 0.272 e. The molecular formula is C21H23N3O4. The van der Waals surface area contributed by atoms with Gasteiger partial charge in [0.05, 0.1) is 39.1 Å². The van der Waals surface area contributed by atoms with E-state index in [0.717, 1.165) is 16.9 Å². The fourth-order valence-electron chi connectivity index (χ4n) is 2.93. The second-order valence-electron chi connectivity index (χ2n) is 6.11. The van der Waals surface area contributed by atoms with Crippen molar-refractivity contribution in [2.24, 2.45) is 0 Å². The Kier molecular flexibility index (Phi) is 5.84. The average Bonchev–Trinajstić information content (AvgIpc) is 3.13. The van der Waals surface area contributed by atoms with Gasteiger partial charge in [-0.2, -0.15) is 5.10 Å². The number of carbonyl (C=O) groups excluding carboxylic acids is 1. The second kappa shape index (κ2) is 8.47. The van der Waals surface area contributed by atoms with E-state index in [-0.39, 0.29) is 12.5 Å². The number of methoxy groups -OCH3 is 3. The highest BCUT2D eigenvalue weighted by Gasteiger charge is 2.17. The van der Waals surface area contributed by atoms with Gasteiger partial charge in [0.1, 0.15) is 17.2 Å². The fraction of sp³-hybridized carbons (Fsp3) is 0.238. The number of nitrogens with one attached hydrogen (secondary N) is 1. The molecule has 0 aliphatic rings. The minimum absolute atomic E-state index is 0.229. The maximum atomic E-state index is 12.6. The van der Waals surface area contributed by atoms with Gasteiger partial charge in [-0.25, -0.2) is 4.68 Å². The van der Waals surface area contributed by atoms with Gasteiger partial charge in [0.2, 0.25) is 0 Å². The van der Waals surface area contributed by atoms with E-state index in [2.05, 4.69) is 10.4 Å². The first-order chi connectivity index (χ1) is 13.6. The van der Waals surface area contributed by atoms with Crippen molar-refractivity contribution in [3.8, 4) is 22.9 Å². The number of benzene rings is 2. The van der Waals surface area contributed by atoms with Gasteiger partial charge in [0.25, 0.3) is 5.91 Å². The van der Waals surface area contributed by atoms with Gasteiger partial charge < -0.3 is 19.5 Å². The molecule has 0 spiro atoms. The minimum atomic E-state index is -0.280. The number of carbonyl (C=O) groups is 1. The Balaban J connectivity index is 1.80. The Labute approximate surface area is 163 Å². The fourth-order valence-corrected chi connectivity index (χ4v) is 2.93. The first-order valence-corrected chi connectivity index (χ1v) is 8.76. The monoisotopic (exact) mass is 381 g/mol.